The van der Waals surface area contributed by atoms with E-state index in [0.29, 0.717) is 6.61 Å². The minimum Gasteiger partial charge on any atom is -0.394 e. The molecule has 0 spiro atoms. The minimum absolute atomic E-state index is 0.00667. The van der Waals surface area contributed by atoms with E-state index in [1.165, 1.54) is 0 Å². The first-order valence-electron chi connectivity index (χ1n) is 7.64. The molecule has 0 aliphatic rings. The SMILES string of the molecule is CC(O)COC(C)CO.c1ccc(NNc2ccccc2)cc1. The Morgan fingerprint density at radius 3 is 1.65 bits per heavy atom. The highest BCUT2D eigenvalue weighted by atomic mass is 16.5. The summed E-state index contributed by atoms with van der Waals surface area (Å²) < 4.78 is 4.95. The second-order valence-corrected chi connectivity index (χ2v) is 5.16. The van der Waals surface area contributed by atoms with Crippen molar-refractivity contribution in [1.82, 2.24) is 0 Å². The summed E-state index contributed by atoms with van der Waals surface area (Å²) in [5.41, 5.74) is 8.33. The Hall–Kier alpha value is -2.08. The van der Waals surface area contributed by atoms with Crippen molar-refractivity contribution in [3.05, 3.63) is 60.7 Å². The van der Waals surface area contributed by atoms with E-state index < -0.39 is 6.10 Å². The maximum Gasteiger partial charge on any atom is 0.0779 e. The lowest BCUT2D eigenvalue weighted by molar-refractivity contribution is -0.0177. The Morgan fingerprint density at radius 2 is 1.30 bits per heavy atom. The second kappa shape index (κ2) is 11.5. The number of anilines is 2. The van der Waals surface area contributed by atoms with Gasteiger partial charge in [0, 0.05) is 0 Å². The molecule has 2 rings (SSSR count). The van der Waals surface area contributed by atoms with E-state index in [4.69, 9.17) is 14.9 Å². The Kier molecular flexibility index (Phi) is 9.47. The molecule has 0 aliphatic heterocycles. The summed E-state index contributed by atoms with van der Waals surface area (Å²) in [5.74, 6) is 0. The van der Waals surface area contributed by atoms with Crippen molar-refractivity contribution in [1.29, 1.82) is 0 Å². The fourth-order valence-corrected chi connectivity index (χ4v) is 1.54. The summed E-state index contributed by atoms with van der Waals surface area (Å²) in [7, 11) is 0. The summed E-state index contributed by atoms with van der Waals surface area (Å²) in [6.07, 6.45) is -0.612. The van der Waals surface area contributed by atoms with Crippen molar-refractivity contribution >= 4 is 11.4 Å². The molecule has 23 heavy (non-hydrogen) atoms. The average molecular weight is 318 g/mol. The van der Waals surface area contributed by atoms with Crippen molar-refractivity contribution in [3.8, 4) is 0 Å². The molecule has 0 heterocycles. The quantitative estimate of drug-likeness (QED) is 0.591. The molecule has 4 N–H and O–H groups in total. The molecule has 126 valence electrons. The Morgan fingerprint density at radius 1 is 0.870 bits per heavy atom. The second-order valence-electron chi connectivity index (χ2n) is 5.16. The summed E-state index contributed by atoms with van der Waals surface area (Å²) in [6, 6.07) is 20.0. The molecular formula is C18H26N2O3. The number of ether oxygens (including phenoxy) is 1. The molecule has 0 bridgehead atoms. The monoisotopic (exact) mass is 318 g/mol. The van der Waals surface area contributed by atoms with Crippen molar-refractivity contribution < 1.29 is 14.9 Å². The molecule has 0 aromatic heterocycles. The van der Waals surface area contributed by atoms with Crippen LogP contribution in [-0.2, 0) is 4.74 Å². The van der Waals surface area contributed by atoms with Gasteiger partial charge in [0.25, 0.3) is 0 Å². The molecule has 0 fully saturated rings. The largest absolute Gasteiger partial charge is 0.394 e. The van der Waals surface area contributed by atoms with Gasteiger partial charge < -0.3 is 25.8 Å². The van der Waals surface area contributed by atoms with Crippen LogP contribution in [0.5, 0.6) is 0 Å². The standard InChI is InChI=1S/C12H12N2.C6H14O3/c1-3-7-11(8-4-1)13-14-12-9-5-2-6-10-12;1-5(8)4-9-6(2)3-7/h1-10,13-14H;5-8H,3-4H2,1-2H3. The van der Waals surface area contributed by atoms with Crippen molar-refractivity contribution in [3.63, 3.8) is 0 Å². The van der Waals surface area contributed by atoms with E-state index in [1.54, 1.807) is 13.8 Å². The lowest BCUT2D eigenvalue weighted by Gasteiger charge is -2.10. The summed E-state index contributed by atoms with van der Waals surface area (Å²) in [6.45, 7) is 3.70. The van der Waals surface area contributed by atoms with Gasteiger partial charge in [-0.15, -0.1) is 0 Å². The Labute approximate surface area is 137 Å². The number of hydrogen-bond donors (Lipinski definition) is 4. The summed E-state index contributed by atoms with van der Waals surface area (Å²) in [4.78, 5) is 0. The molecule has 0 saturated heterocycles. The average Bonchev–Trinajstić information content (AvgIpc) is 2.60. The zero-order valence-electron chi connectivity index (χ0n) is 13.6. The molecule has 0 aliphatic carbocycles. The fourth-order valence-electron chi connectivity index (χ4n) is 1.54. The number of para-hydroxylation sites is 2. The third-order valence-electron chi connectivity index (χ3n) is 2.78. The van der Waals surface area contributed by atoms with Gasteiger partial charge in [-0.05, 0) is 38.1 Å². The zero-order chi connectivity index (χ0) is 16.9. The first-order chi connectivity index (χ1) is 11.1. The van der Waals surface area contributed by atoms with Crippen molar-refractivity contribution in [2.24, 2.45) is 0 Å². The number of rotatable bonds is 7. The highest BCUT2D eigenvalue weighted by Crippen LogP contribution is 2.08. The number of hydrogen-bond acceptors (Lipinski definition) is 5. The molecule has 0 saturated carbocycles. The molecule has 2 atom stereocenters. The maximum atomic E-state index is 8.69. The summed E-state index contributed by atoms with van der Waals surface area (Å²) >= 11 is 0. The topological polar surface area (TPSA) is 73.8 Å². The van der Waals surface area contributed by atoms with Crippen LogP contribution in [0.1, 0.15) is 13.8 Å². The molecule has 2 aromatic rings. The molecule has 2 unspecified atom stereocenters. The van der Waals surface area contributed by atoms with Crippen LogP contribution in [0.2, 0.25) is 0 Å². The zero-order valence-corrected chi connectivity index (χ0v) is 13.6. The minimum atomic E-state index is -0.445. The number of hydrazine groups is 1. The van der Waals surface area contributed by atoms with Crippen molar-refractivity contribution in [2.75, 3.05) is 24.1 Å². The third-order valence-corrected chi connectivity index (χ3v) is 2.78. The van der Waals surface area contributed by atoms with Gasteiger partial charge in [-0.1, -0.05) is 36.4 Å². The first-order valence-corrected chi connectivity index (χ1v) is 7.64. The van der Waals surface area contributed by atoms with Crippen LogP contribution < -0.4 is 10.9 Å². The number of benzene rings is 2. The summed E-state index contributed by atoms with van der Waals surface area (Å²) in [5, 5.41) is 17.1. The van der Waals surface area contributed by atoms with Crippen LogP contribution in [-0.4, -0.2) is 35.6 Å². The molecule has 5 heteroatoms. The van der Waals surface area contributed by atoms with E-state index in [-0.39, 0.29) is 12.7 Å². The lowest BCUT2D eigenvalue weighted by atomic mass is 10.3. The number of nitrogens with one attached hydrogen (secondary N) is 2. The van der Waals surface area contributed by atoms with E-state index in [0.717, 1.165) is 11.4 Å². The lowest BCUT2D eigenvalue weighted by Crippen LogP contribution is -2.19. The van der Waals surface area contributed by atoms with E-state index in [1.807, 2.05) is 60.7 Å². The van der Waals surface area contributed by atoms with Gasteiger partial charge in [0.2, 0.25) is 0 Å². The maximum absolute atomic E-state index is 8.69. The molecule has 0 radical (unpaired) electrons. The van der Waals surface area contributed by atoms with Gasteiger partial charge in [0.1, 0.15) is 0 Å². The van der Waals surface area contributed by atoms with Crippen LogP contribution in [0, 0.1) is 0 Å². The van der Waals surface area contributed by atoms with Crippen LogP contribution >= 0.6 is 0 Å². The van der Waals surface area contributed by atoms with E-state index in [2.05, 4.69) is 10.9 Å². The van der Waals surface area contributed by atoms with Crippen molar-refractivity contribution in [2.45, 2.75) is 26.1 Å². The highest BCUT2D eigenvalue weighted by Gasteiger charge is 2.00. The van der Waals surface area contributed by atoms with E-state index in [9.17, 15) is 0 Å². The van der Waals surface area contributed by atoms with Gasteiger partial charge >= 0.3 is 0 Å². The molecule has 0 amide bonds. The first kappa shape index (κ1) is 19.0. The molecule has 2 aromatic carbocycles. The Balaban J connectivity index is 0.000000257. The predicted molar refractivity (Wildman–Crippen MR) is 94.3 cm³/mol. The van der Waals surface area contributed by atoms with Gasteiger partial charge in [-0.25, -0.2) is 0 Å². The highest BCUT2D eigenvalue weighted by molar-refractivity contribution is 5.51. The fraction of sp³-hybridized carbons (Fsp3) is 0.333. The van der Waals surface area contributed by atoms with Crippen LogP contribution in [0.15, 0.2) is 60.7 Å². The predicted octanol–water partition coefficient (Wildman–Crippen LogP) is 2.89. The smallest absolute Gasteiger partial charge is 0.0779 e. The van der Waals surface area contributed by atoms with E-state index >= 15 is 0 Å². The van der Waals surface area contributed by atoms with Crippen LogP contribution in [0.25, 0.3) is 0 Å². The molecular weight excluding hydrogens is 292 g/mol. The number of aliphatic hydroxyl groups excluding tert-OH is 2. The van der Waals surface area contributed by atoms with Gasteiger partial charge in [-0.2, -0.15) is 0 Å². The number of aliphatic hydroxyl groups is 2. The molecule has 5 nitrogen and oxygen atoms in total. The third kappa shape index (κ3) is 9.52. The van der Waals surface area contributed by atoms with Crippen LogP contribution in [0.4, 0.5) is 11.4 Å². The van der Waals surface area contributed by atoms with Gasteiger partial charge in [0.05, 0.1) is 36.8 Å². The normalized spacial score (nSPS) is 12.5. The van der Waals surface area contributed by atoms with Gasteiger partial charge in [-0.3, -0.25) is 0 Å². The van der Waals surface area contributed by atoms with Gasteiger partial charge in [0.15, 0.2) is 0 Å². The Bertz CT molecular complexity index is 467. The van der Waals surface area contributed by atoms with Crippen LogP contribution in [0.3, 0.4) is 0 Å².